The SMILES string of the molecule is CCc1ccccc1NC(=O)Nc1cnc(N2CCOCC2)nc1N(C)C. The molecule has 0 atom stereocenters. The molecule has 1 aliphatic rings. The molecule has 1 aromatic carbocycles. The van der Waals surface area contributed by atoms with Crippen LogP contribution >= 0.6 is 0 Å². The number of nitrogens with one attached hydrogen (secondary N) is 2. The van der Waals surface area contributed by atoms with Crippen molar-refractivity contribution in [3.63, 3.8) is 0 Å². The van der Waals surface area contributed by atoms with Crippen LogP contribution in [0, 0.1) is 0 Å². The minimum Gasteiger partial charge on any atom is -0.378 e. The monoisotopic (exact) mass is 370 g/mol. The second-order valence-corrected chi connectivity index (χ2v) is 6.49. The van der Waals surface area contributed by atoms with Gasteiger partial charge in [-0.25, -0.2) is 9.78 Å². The summed E-state index contributed by atoms with van der Waals surface area (Å²) in [6.45, 7) is 4.91. The van der Waals surface area contributed by atoms with Crippen LogP contribution in [0.1, 0.15) is 12.5 Å². The van der Waals surface area contributed by atoms with Gasteiger partial charge in [0.25, 0.3) is 0 Å². The third kappa shape index (κ3) is 4.65. The average Bonchev–Trinajstić information content (AvgIpc) is 2.69. The van der Waals surface area contributed by atoms with E-state index >= 15 is 0 Å². The van der Waals surface area contributed by atoms with Gasteiger partial charge in [-0.15, -0.1) is 0 Å². The van der Waals surface area contributed by atoms with E-state index in [0.717, 1.165) is 30.8 Å². The Morgan fingerprint density at radius 3 is 2.59 bits per heavy atom. The molecule has 0 aliphatic carbocycles. The molecule has 0 saturated carbocycles. The van der Waals surface area contributed by atoms with E-state index in [2.05, 4.69) is 32.4 Å². The predicted molar refractivity (Wildman–Crippen MR) is 108 cm³/mol. The maximum Gasteiger partial charge on any atom is 0.323 e. The number of urea groups is 1. The Bertz CT molecular complexity index is 790. The van der Waals surface area contributed by atoms with Crippen LogP contribution in [0.3, 0.4) is 0 Å². The lowest BCUT2D eigenvalue weighted by molar-refractivity contribution is 0.122. The number of ether oxygens (including phenoxy) is 1. The van der Waals surface area contributed by atoms with E-state index in [-0.39, 0.29) is 6.03 Å². The maximum atomic E-state index is 12.5. The van der Waals surface area contributed by atoms with Crippen molar-refractivity contribution in [2.45, 2.75) is 13.3 Å². The van der Waals surface area contributed by atoms with Crippen molar-refractivity contribution < 1.29 is 9.53 Å². The highest BCUT2D eigenvalue weighted by molar-refractivity contribution is 6.01. The number of aryl methyl sites for hydroxylation is 1. The largest absolute Gasteiger partial charge is 0.378 e. The van der Waals surface area contributed by atoms with Crippen molar-refractivity contribution in [2.24, 2.45) is 0 Å². The van der Waals surface area contributed by atoms with Gasteiger partial charge in [-0.1, -0.05) is 25.1 Å². The van der Waals surface area contributed by atoms with Crippen molar-refractivity contribution >= 4 is 29.2 Å². The molecule has 2 amide bonds. The maximum absolute atomic E-state index is 12.5. The van der Waals surface area contributed by atoms with Crippen molar-refractivity contribution in [1.82, 2.24) is 9.97 Å². The Labute approximate surface area is 159 Å². The molecule has 1 aromatic heterocycles. The Hall–Kier alpha value is -2.87. The van der Waals surface area contributed by atoms with Gasteiger partial charge in [-0.2, -0.15) is 4.98 Å². The molecule has 1 aliphatic heterocycles. The summed E-state index contributed by atoms with van der Waals surface area (Å²) < 4.78 is 5.38. The smallest absolute Gasteiger partial charge is 0.323 e. The number of morpholine rings is 1. The zero-order chi connectivity index (χ0) is 19.2. The van der Waals surface area contributed by atoms with E-state index in [1.54, 1.807) is 6.20 Å². The lowest BCUT2D eigenvalue weighted by atomic mass is 10.1. The summed E-state index contributed by atoms with van der Waals surface area (Å²) in [4.78, 5) is 25.5. The molecule has 2 N–H and O–H groups in total. The van der Waals surface area contributed by atoms with Crippen LogP contribution in [0.2, 0.25) is 0 Å². The van der Waals surface area contributed by atoms with Crippen LogP contribution in [0.15, 0.2) is 30.5 Å². The number of benzene rings is 1. The zero-order valence-corrected chi connectivity index (χ0v) is 16.0. The minimum absolute atomic E-state index is 0.318. The second kappa shape index (κ2) is 8.68. The highest BCUT2D eigenvalue weighted by Gasteiger charge is 2.18. The summed E-state index contributed by atoms with van der Waals surface area (Å²) in [5, 5.41) is 5.76. The van der Waals surface area contributed by atoms with E-state index in [0.29, 0.717) is 30.7 Å². The average molecular weight is 370 g/mol. The Kier molecular flexibility index (Phi) is 6.08. The Morgan fingerprint density at radius 1 is 1.19 bits per heavy atom. The van der Waals surface area contributed by atoms with Gasteiger partial charge in [0.05, 0.1) is 19.4 Å². The molecule has 1 saturated heterocycles. The highest BCUT2D eigenvalue weighted by Crippen LogP contribution is 2.24. The number of hydrogen-bond acceptors (Lipinski definition) is 6. The summed E-state index contributed by atoms with van der Waals surface area (Å²) in [5.74, 6) is 1.30. The van der Waals surface area contributed by atoms with E-state index in [1.807, 2.05) is 43.3 Å². The molecule has 2 aromatic rings. The van der Waals surface area contributed by atoms with Crippen LogP contribution in [-0.2, 0) is 11.2 Å². The molecule has 0 unspecified atom stereocenters. The summed E-state index contributed by atoms with van der Waals surface area (Å²) in [6, 6.07) is 7.44. The molecule has 8 heteroatoms. The number of nitrogens with zero attached hydrogens (tertiary/aromatic N) is 4. The third-order valence-corrected chi connectivity index (χ3v) is 4.37. The molecule has 0 radical (unpaired) electrons. The predicted octanol–water partition coefficient (Wildman–Crippen LogP) is 2.59. The number of hydrogen-bond donors (Lipinski definition) is 2. The van der Waals surface area contributed by atoms with E-state index in [9.17, 15) is 4.79 Å². The molecule has 3 rings (SSSR count). The van der Waals surface area contributed by atoms with Gasteiger partial charge >= 0.3 is 6.03 Å². The van der Waals surface area contributed by atoms with Gasteiger partial charge in [-0.05, 0) is 18.1 Å². The van der Waals surface area contributed by atoms with Crippen LogP contribution in [0.5, 0.6) is 0 Å². The van der Waals surface area contributed by atoms with Crippen molar-refractivity contribution in [3.05, 3.63) is 36.0 Å². The fraction of sp³-hybridized carbons (Fsp3) is 0.421. The number of aromatic nitrogens is 2. The highest BCUT2D eigenvalue weighted by atomic mass is 16.5. The van der Waals surface area contributed by atoms with Gasteiger partial charge in [0, 0.05) is 32.9 Å². The van der Waals surface area contributed by atoms with Gasteiger partial charge in [0.1, 0.15) is 5.69 Å². The van der Waals surface area contributed by atoms with Crippen LogP contribution < -0.4 is 20.4 Å². The molecule has 0 bridgehead atoms. The number of anilines is 4. The lowest BCUT2D eigenvalue weighted by Crippen LogP contribution is -2.37. The van der Waals surface area contributed by atoms with Gasteiger partial charge in [-0.3, -0.25) is 0 Å². The minimum atomic E-state index is -0.318. The summed E-state index contributed by atoms with van der Waals surface area (Å²) in [5.41, 5.74) is 2.44. The van der Waals surface area contributed by atoms with Crippen LogP contribution in [-0.4, -0.2) is 56.4 Å². The molecule has 27 heavy (non-hydrogen) atoms. The van der Waals surface area contributed by atoms with Crippen LogP contribution in [0.4, 0.5) is 27.9 Å². The number of carbonyl (C=O) groups is 1. The first-order chi connectivity index (χ1) is 13.1. The number of carbonyl (C=O) groups excluding carboxylic acids is 1. The van der Waals surface area contributed by atoms with Crippen molar-refractivity contribution in [2.75, 3.05) is 60.8 Å². The fourth-order valence-corrected chi connectivity index (χ4v) is 2.94. The van der Waals surface area contributed by atoms with Crippen molar-refractivity contribution in [3.8, 4) is 0 Å². The molecule has 1 fully saturated rings. The molecule has 8 nitrogen and oxygen atoms in total. The number of para-hydroxylation sites is 1. The molecule has 144 valence electrons. The zero-order valence-electron chi connectivity index (χ0n) is 16.0. The van der Waals surface area contributed by atoms with E-state index < -0.39 is 0 Å². The van der Waals surface area contributed by atoms with E-state index in [4.69, 9.17) is 4.74 Å². The first-order valence-corrected chi connectivity index (χ1v) is 9.11. The molecule has 2 heterocycles. The lowest BCUT2D eigenvalue weighted by Gasteiger charge is -2.28. The summed E-state index contributed by atoms with van der Waals surface area (Å²) in [7, 11) is 3.78. The van der Waals surface area contributed by atoms with Gasteiger partial charge < -0.3 is 25.2 Å². The standard InChI is InChI=1S/C19H26N6O2/c1-4-14-7-5-6-8-15(14)21-19(26)22-16-13-20-18(23-17(16)24(2)3)25-9-11-27-12-10-25/h5-8,13H,4,9-12H2,1-3H3,(H2,21,22,26). The quantitative estimate of drug-likeness (QED) is 0.842. The summed E-state index contributed by atoms with van der Waals surface area (Å²) >= 11 is 0. The summed E-state index contributed by atoms with van der Waals surface area (Å²) in [6.07, 6.45) is 2.50. The Balaban J connectivity index is 1.76. The number of amides is 2. The first-order valence-electron chi connectivity index (χ1n) is 9.11. The molecular formula is C19H26N6O2. The van der Waals surface area contributed by atoms with Crippen LogP contribution in [0.25, 0.3) is 0 Å². The topological polar surface area (TPSA) is 82.6 Å². The second-order valence-electron chi connectivity index (χ2n) is 6.49. The fourth-order valence-electron chi connectivity index (χ4n) is 2.94. The first kappa shape index (κ1) is 18.9. The third-order valence-electron chi connectivity index (χ3n) is 4.37. The number of rotatable bonds is 5. The van der Waals surface area contributed by atoms with Gasteiger partial charge in [0.2, 0.25) is 5.95 Å². The Morgan fingerprint density at radius 2 is 1.89 bits per heavy atom. The molecule has 0 spiro atoms. The van der Waals surface area contributed by atoms with Crippen molar-refractivity contribution in [1.29, 1.82) is 0 Å². The van der Waals surface area contributed by atoms with E-state index in [1.165, 1.54) is 0 Å². The normalized spacial score (nSPS) is 14.0. The van der Waals surface area contributed by atoms with Gasteiger partial charge in [0.15, 0.2) is 5.82 Å². The molecular weight excluding hydrogens is 344 g/mol.